The number of carboxylic acid groups (broad SMARTS) is 2. The molecular weight excluding hydrogens is 516 g/mol. The van der Waals surface area contributed by atoms with Gasteiger partial charge in [0.15, 0.2) is 5.96 Å². The van der Waals surface area contributed by atoms with E-state index in [1.807, 2.05) is 0 Å². The summed E-state index contributed by atoms with van der Waals surface area (Å²) in [7, 11) is 0. The van der Waals surface area contributed by atoms with E-state index in [0.717, 1.165) is 0 Å². The summed E-state index contributed by atoms with van der Waals surface area (Å²) in [5.74, 6) is -5.33. The topological polar surface area (TPSA) is 307 Å². The number of carbonyl (C=O) groups excluding carboxylic acids is 3. The van der Waals surface area contributed by atoms with Crippen LogP contribution in [0.25, 0.3) is 0 Å². The van der Waals surface area contributed by atoms with Crippen molar-refractivity contribution in [1.82, 2.24) is 25.9 Å². The zero-order valence-electron chi connectivity index (χ0n) is 21.5. The minimum Gasteiger partial charge on any atom is -0.481 e. The first kappa shape index (κ1) is 32.8. The second-order valence-corrected chi connectivity index (χ2v) is 8.74. The summed E-state index contributed by atoms with van der Waals surface area (Å²) in [5.41, 5.74) is 22.5. The van der Waals surface area contributed by atoms with Crippen LogP contribution in [0.2, 0.25) is 0 Å². The third kappa shape index (κ3) is 13.2. The van der Waals surface area contributed by atoms with Crippen molar-refractivity contribution < 1.29 is 34.2 Å². The maximum Gasteiger partial charge on any atom is 0.326 e. The van der Waals surface area contributed by atoms with Gasteiger partial charge in [-0.3, -0.25) is 24.2 Å². The molecule has 17 nitrogen and oxygen atoms in total. The lowest BCUT2D eigenvalue weighted by molar-refractivity contribution is -0.147. The van der Waals surface area contributed by atoms with Gasteiger partial charge in [-0.1, -0.05) is 0 Å². The van der Waals surface area contributed by atoms with Crippen LogP contribution in [-0.4, -0.2) is 93.1 Å². The van der Waals surface area contributed by atoms with Gasteiger partial charge in [0.2, 0.25) is 17.7 Å². The van der Waals surface area contributed by atoms with Crippen LogP contribution in [0.3, 0.4) is 0 Å². The number of amides is 3. The first-order chi connectivity index (χ1) is 18.4. The molecule has 0 aliphatic rings. The highest BCUT2D eigenvalue weighted by molar-refractivity contribution is 5.94. The Bertz CT molecular complexity index is 982. The second-order valence-electron chi connectivity index (χ2n) is 8.74. The van der Waals surface area contributed by atoms with Gasteiger partial charge in [-0.05, 0) is 38.6 Å². The van der Waals surface area contributed by atoms with Crippen molar-refractivity contribution in [2.75, 3.05) is 13.1 Å². The Labute approximate surface area is 224 Å². The molecule has 0 aliphatic carbocycles. The molecule has 0 aliphatic heterocycles. The number of nitrogens with one attached hydrogen (secondary N) is 4. The standard InChI is InChI=1S/C22H38N10O7/c23-6-2-1-5-14(19(36)32-16(21(38)39)9-17(33)34)30-20(37)15(8-12-10-27-11-29-12)31-18(35)13(24)4-3-7-28-22(25)26/h10-11,13-16H,1-9,23-24H2,(H,27,29)(H,30,37)(H,31,35)(H,32,36)(H,33,34)(H,38,39)(H4,25,26,28). The Morgan fingerprint density at radius 3 is 2.13 bits per heavy atom. The van der Waals surface area contributed by atoms with Crippen LogP contribution in [0.4, 0.5) is 0 Å². The molecule has 0 aromatic carbocycles. The lowest BCUT2D eigenvalue weighted by Gasteiger charge is -2.25. The molecule has 0 saturated heterocycles. The summed E-state index contributed by atoms with van der Waals surface area (Å²) in [4.78, 5) is 71.8. The molecule has 4 unspecified atom stereocenters. The molecule has 1 aromatic rings. The number of hydrogen-bond acceptors (Lipinski definition) is 9. The number of carboxylic acids is 2. The third-order valence-electron chi connectivity index (χ3n) is 5.49. The lowest BCUT2D eigenvalue weighted by atomic mass is 10.0. The first-order valence-electron chi connectivity index (χ1n) is 12.3. The monoisotopic (exact) mass is 554 g/mol. The van der Waals surface area contributed by atoms with E-state index in [4.69, 9.17) is 28.0 Å². The van der Waals surface area contributed by atoms with Gasteiger partial charge in [-0.15, -0.1) is 0 Å². The molecule has 4 atom stereocenters. The number of aliphatic carboxylic acids is 2. The normalized spacial score (nSPS) is 13.8. The third-order valence-corrected chi connectivity index (χ3v) is 5.49. The maximum atomic E-state index is 13.2. The van der Waals surface area contributed by atoms with Crippen molar-refractivity contribution in [3.8, 4) is 0 Å². The Morgan fingerprint density at radius 1 is 0.923 bits per heavy atom. The van der Waals surface area contributed by atoms with E-state index >= 15 is 0 Å². The van der Waals surface area contributed by atoms with E-state index in [1.165, 1.54) is 12.5 Å². The number of carbonyl (C=O) groups is 5. The van der Waals surface area contributed by atoms with Gasteiger partial charge in [0.1, 0.15) is 18.1 Å². The fourth-order valence-corrected chi connectivity index (χ4v) is 3.44. The zero-order chi connectivity index (χ0) is 29.4. The van der Waals surface area contributed by atoms with E-state index in [9.17, 15) is 29.1 Å². The molecule has 0 spiro atoms. The number of unbranched alkanes of at least 4 members (excludes halogenated alkanes) is 1. The number of nitrogens with two attached hydrogens (primary N) is 4. The predicted octanol–water partition coefficient (Wildman–Crippen LogP) is -3.52. The number of hydrogen-bond donors (Lipinski definition) is 10. The van der Waals surface area contributed by atoms with Crippen LogP contribution < -0.4 is 38.9 Å². The van der Waals surface area contributed by atoms with Gasteiger partial charge in [0.05, 0.1) is 18.8 Å². The van der Waals surface area contributed by atoms with E-state index in [-0.39, 0.29) is 31.8 Å². The zero-order valence-corrected chi connectivity index (χ0v) is 21.5. The summed E-state index contributed by atoms with van der Waals surface area (Å²) in [6.07, 6.45) is 3.61. The van der Waals surface area contributed by atoms with Crippen LogP contribution in [-0.2, 0) is 30.4 Å². The summed E-state index contributed by atoms with van der Waals surface area (Å²) in [6.45, 7) is 0.582. The summed E-state index contributed by atoms with van der Waals surface area (Å²) < 4.78 is 0. The van der Waals surface area contributed by atoms with Crippen molar-refractivity contribution in [2.45, 2.75) is 69.1 Å². The average Bonchev–Trinajstić information content (AvgIpc) is 3.37. The number of nitrogens with zero attached hydrogens (tertiary/aromatic N) is 2. The number of aliphatic imine (C=N–C) groups is 1. The molecule has 17 heteroatoms. The Morgan fingerprint density at radius 2 is 1.56 bits per heavy atom. The van der Waals surface area contributed by atoms with Crippen LogP contribution in [0, 0.1) is 0 Å². The molecule has 218 valence electrons. The van der Waals surface area contributed by atoms with E-state index in [0.29, 0.717) is 31.5 Å². The van der Waals surface area contributed by atoms with Gasteiger partial charge >= 0.3 is 11.9 Å². The molecule has 1 heterocycles. The maximum absolute atomic E-state index is 13.2. The highest BCUT2D eigenvalue weighted by Crippen LogP contribution is 2.06. The number of aromatic amines is 1. The summed E-state index contributed by atoms with van der Waals surface area (Å²) in [6, 6.07) is -5.09. The van der Waals surface area contributed by atoms with Gasteiger partial charge in [0, 0.05) is 24.9 Å². The van der Waals surface area contributed by atoms with Crippen LogP contribution >= 0.6 is 0 Å². The van der Waals surface area contributed by atoms with E-state index in [1.54, 1.807) is 0 Å². The molecule has 3 amide bonds. The molecule has 0 bridgehead atoms. The minimum atomic E-state index is -1.71. The SMILES string of the molecule is NCCCCC(NC(=O)C(Cc1cnc[nH]1)NC(=O)C(N)CCCN=C(N)N)C(=O)NC(CC(=O)O)C(=O)O. The van der Waals surface area contributed by atoms with Crippen LogP contribution in [0.1, 0.15) is 44.2 Å². The van der Waals surface area contributed by atoms with Crippen LogP contribution in [0.5, 0.6) is 0 Å². The predicted molar refractivity (Wildman–Crippen MR) is 139 cm³/mol. The molecule has 1 rings (SSSR count). The van der Waals surface area contributed by atoms with Gasteiger partial charge in [0.25, 0.3) is 0 Å². The highest BCUT2D eigenvalue weighted by Gasteiger charge is 2.31. The highest BCUT2D eigenvalue weighted by atomic mass is 16.4. The molecule has 0 saturated carbocycles. The molecule has 0 fully saturated rings. The van der Waals surface area contributed by atoms with Crippen molar-refractivity contribution in [3.63, 3.8) is 0 Å². The van der Waals surface area contributed by atoms with Crippen molar-refractivity contribution in [3.05, 3.63) is 18.2 Å². The number of H-pyrrole nitrogens is 1. The molecule has 14 N–H and O–H groups in total. The Hall–Kier alpha value is -4.25. The second kappa shape index (κ2) is 17.3. The molecule has 0 radical (unpaired) electrons. The van der Waals surface area contributed by atoms with Crippen LogP contribution in [0.15, 0.2) is 17.5 Å². The molecule has 1 aromatic heterocycles. The largest absolute Gasteiger partial charge is 0.481 e. The Kier molecular flexibility index (Phi) is 14.5. The van der Waals surface area contributed by atoms with Crippen molar-refractivity contribution in [1.29, 1.82) is 0 Å². The Balaban J connectivity index is 3.01. The average molecular weight is 555 g/mol. The van der Waals surface area contributed by atoms with Gasteiger partial charge < -0.3 is 54.1 Å². The number of guanidine groups is 1. The van der Waals surface area contributed by atoms with Gasteiger partial charge in [-0.2, -0.15) is 0 Å². The number of imidazole rings is 1. The van der Waals surface area contributed by atoms with Crippen molar-refractivity contribution in [2.24, 2.45) is 27.9 Å². The van der Waals surface area contributed by atoms with E-state index < -0.39 is 60.2 Å². The molecule has 39 heavy (non-hydrogen) atoms. The summed E-state index contributed by atoms with van der Waals surface area (Å²) in [5, 5.41) is 25.5. The minimum absolute atomic E-state index is 0.0216. The quantitative estimate of drug-likeness (QED) is 0.0452. The molecular formula is C22H38N10O7. The summed E-state index contributed by atoms with van der Waals surface area (Å²) >= 11 is 0. The smallest absolute Gasteiger partial charge is 0.326 e. The fraction of sp³-hybridized carbons (Fsp3) is 0.591. The first-order valence-corrected chi connectivity index (χ1v) is 12.3. The van der Waals surface area contributed by atoms with E-state index in [2.05, 4.69) is 30.9 Å². The van der Waals surface area contributed by atoms with Gasteiger partial charge in [-0.25, -0.2) is 9.78 Å². The fourth-order valence-electron chi connectivity index (χ4n) is 3.44. The van der Waals surface area contributed by atoms with Crippen molar-refractivity contribution >= 4 is 35.6 Å². The number of rotatable bonds is 19. The number of aromatic nitrogens is 2. The lowest BCUT2D eigenvalue weighted by Crippen LogP contribution is -2.57.